The minimum absolute atomic E-state index is 0.365. The lowest BCUT2D eigenvalue weighted by Gasteiger charge is -2.25. The lowest BCUT2D eigenvalue weighted by atomic mass is 9.87. The van der Waals surface area contributed by atoms with E-state index in [2.05, 4.69) is 6.07 Å². The fourth-order valence-corrected chi connectivity index (χ4v) is 2.29. The highest BCUT2D eigenvalue weighted by molar-refractivity contribution is 5.42. The number of nitriles is 1. The molecule has 3 nitrogen and oxygen atoms in total. The number of ether oxygens (including phenoxy) is 1. The van der Waals surface area contributed by atoms with Crippen molar-refractivity contribution in [3.63, 3.8) is 0 Å². The fourth-order valence-electron chi connectivity index (χ4n) is 2.29. The number of benzene rings is 2. The van der Waals surface area contributed by atoms with Crippen molar-refractivity contribution >= 4 is 0 Å². The van der Waals surface area contributed by atoms with Gasteiger partial charge in [-0.1, -0.05) is 24.3 Å². The summed E-state index contributed by atoms with van der Waals surface area (Å²) in [7, 11) is 0. The van der Waals surface area contributed by atoms with Crippen LogP contribution in [0.25, 0.3) is 0 Å². The smallest absolute Gasteiger partial charge is 0.119 e. The van der Waals surface area contributed by atoms with Crippen LogP contribution < -0.4 is 4.74 Å². The molecule has 1 unspecified atom stereocenters. The van der Waals surface area contributed by atoms with E-state index in [1.165, 1.54) is 0 Å². The van der Waals surface area contributed by atoms with Crippen LogP contribution in [-0.4, -0.2) is 11.2 Å². The Morgan fingerprint density at radius 2 is 1.86 bits per heavy atom. The summed E-state index contributed by atoms with van der Waals surface area (Å²) in [5, 5.41) is 19.8. The highest BCUT2D eigenvalue weighted by Crippen LogP contribution is 2.32. The van der Waals surface area contributed by atoms with Crippen LogP contribution in [0.15, 0.2) is 48.5 Å². The Morgan fingerprint density at radius 3 is 2.48 bits per heavy atom. The van der Waals surface area contributed by atoms with Crippen LogP contribution in [0.2, 0.25) is 0 Å². The summed E-state index contributed by atoms with van der Waals surface area (Å²) in [5.41, 5.74) is 0.893. The Bertz CT molecular complexity index is 679. The van der Waals surface area contributed by atoms with Gasteiger partial charge >= 0.3 is 0 Å². The molecule has 2 aromatic rings. The number of rotatable bonds is 4. The Kier molecular flexibility index (Phi) is 3.40. The molecule has 0 heterocycles. The zero-order valence-corrected chi connectivity index (χ0v) is 11.9. The molecule has 3 rings (SSSR count). The van der Waals surface area contributed by atoms with Gasteiger partial charge in [0.1, 0.15) is 11.4 Å². The number of hydrogen-bond acceptors (Lipinski definition) is 3. The first kappa shape index (κ1) is 13.7. The van der Waals surface area contributed by atoms with Crippen LogP contribution in [0, 0.1) is 11.3 Å². The standard InChI is InChI=1S/C18H17NO2/c1-18(20,15-4-2-3-13(11-15)12-19)14-5-7-16(8-6-14)21-17-9-10-17/h2-8,11,17,20H,9-10H2,1H3. The first-order chi connectivity index (χ1) is 10.1. The first-order valence-corrected chi connectivity index (χ1v) is 7.10. The van der Waals surface area contributed by atoms with Gasteiger partial charge in [-0.15, -0.1) is 0 Å². The monoisotopic (exact) mass is 279 g/mol. The molecule has 0 aromatic heterocycles. The van der Waals surface area contributed by atoms with Gasteiger partial charge in [-0.25, -0.2) is 0 Å². The molecule has 1 aliphatic carbocycles. The van der Waals surface area contributed by atoms with Crippen molar-refractivity contribution in [3.05, 3.63) is 65.2 Å². The summed E-state index contributed by atoms with van der Waals surface area (Å²) in [6, 6.07) is 16.7. The second-order valence-electron chi connectivity index (χ2n) is 5.61. The van der Waals surface area contributed by atoms with Gasteiger partial charge in [-0.05, 0) is 55.2 Å². The third kappa shape index (κ3) is 2.91. The highest BCUT2D eigenvalue weighted by atomic mass is 16.5. The van der Waals surface area contributed by atoms with Crippen molar-refractivity contribution in [2.24, 2.45) is 0 Å². The van der Waals surface area contributed by atoms with E-state index in [4.69, 9.17) is 10.00 Å². The van der Waals surface area contributed by atoms with E-state index in [0.717, 1.165) is 24.2 Å². The summed E-state index contributed by atoms with van der Waals surface area (Å²) >= 11 is 0. The summed E-state index contributed by atoms with van der Waals surface area (Å²) in [6.45, 7) is 1.74. The molecular weight excluding hydrogens is 262 g/mol. The largest absolute Gasteiger partial charge is 0.490 e. The Hall–Kier alpha value is -2.31. The van der Waals surface area contributed by atoms with Crippen LogP contribution in [0.1, 0.15) is 36.5 Å². The maximum Gasteiger partial charge on any atom is 0.119 e. The van der Waals surface area contributed by atoms with E-state index in [1.807, 2.05) is 30.3 Å². The van der Waals surface area contributed by atoms with E-state index >= 15 is 0 Å². The first-order valence-electron chi connectivity index (χ1n) is 7.10. The molecule has 1 N–H and O–H groups in total. The molecular formula is C18H17NO2. The summed E-state index contributed by atoms with van der Waals surface area (Å²) < 4.78 is 5.71. The van der Waals surface area contributed by atoms with Crippen LogP contribution in [-0.2, 0) is 5.60 Å². The maximum atomic E-state index is 10.8. The molecule has 0 amide bonds. The van der Waals surface area contributed by atoms with Gasteiger partial charge in [0, 0.05) is 0 Å². The molecule has 1 aliphatic rings. The maximum absolute atomic E-state index is 10.8. The zero-order valence-electron chi connectivity index (χ0n) is 11.9. The molecule has 1 fully saturated rings. The minimum atomic E-state index is -1.13. The molecule has 21 heavy (non-hydrogen) atoms. The van der Waals surface area contributed by atoms with E-state index in [0.29, 0.717) is 17.2 Å². The summed E-state index contributed by atoms with van der Waals surface area (Å²) in [4.78, 5) is 0. The predicted molar refractivity (Wildman–Crippen MR) is 79.9 cm³/mol. The van der Waals surface area contributed by atoms with Crippen LogP contribution >= 0.6 is 0 Å². The molecule has 1 saturated carbocycles. The third-order valence-electron chi connectivity index (χ3n) is 3.80. The van der Waals surface area contributed by atoms with Gasteiger partial charge in [0.15, 0.2) is 0 Å². The van der Waals surface area contributed by atoms with Crippen LogP contribution in [0.3, 0.4) is 0 Å². The topological polar surface area (TPSA) is 53.2 Å². The van der Waals surface area contributed by atoms with Crippen molar-refractivity contribution in [1.82, 2.24) is 0 Å². The average Bonchev–Trinajstić information content (AvgIpc) is 3.32. The molecule has 0 spiro atoms. The van der Waals surface area contributed by atoms with Crippen molar-refractivity contribution < 1.29 is 9.84 Å². The summed E-state index contributed by atoms with van der Waals surface area (Å²) in [5.74, 6) is 0.836. The van der Waals surface area contributed by atoms with Crippen LogP contribution in [0.5, 0.6) is 5.75 Å². The van der Waals surface area contributed by atoms with Gasteiger partial charge < -0.3 is 9.84 Å². The van der Waals surface area contributed by atoms with Gasteiger partial charge in [-0.3, -0.25) is 0 Å². The highest BCUT2D eigenvalue weighted by Gasteiger charge is 2.27. The molecule has 0 aliphatic heterocycles. The quantitative estimate of drug-likeness (QED) is 0.933. The lowest BCUT2D eigenvalue weighted by Crippen LogP contribution is -2.22. The number of nitrogens with zero attached hydrogens (tertiary/aromatic N) is 1. The van der Waals surface area contributed by atoms with E-state index in [1.54, 1.807) is 25.1 Å². The Balaban J connectivity index is 1.87. The van der Waals surface area contributed by atoms with Gasteiger partial charge in [0.05, 0.1) is 17.7 Å². The molecule has 0 radical (unpaired) electrons. The third-order valence-corrected chi connectivity index (χ3v) is 3.80. The zero-order chi connectivity index (χ0) is 14.9. The Morgan fingerprint density at radius 1 is 1.14 bits per heavy atom. The second-order valence-corrected chi connectivity index (χ2v) is 5.61. The van der Waals surface area contributed by atoms with E-state index < -0.39 is 5.60 Å². The van der Waals surface area contributed by atoms with Crippen LogP contribution in [0.4, 0.5) is 0 Å². The SMILES string of the molecule is CC(O)(c1ccc(OC2CC2)cc1)c1cccc(C#N)c1. The van der Waals surface area contributed by atoms with Crippen molar-refractivity contribution in [2.45, 2.75) is 31.5 Å². The van der Waals surface area contributed by atoms with Gasteiger partial charge in [-0.2, -0.15) is 5.26 Å². The van der Waals surface area contributed by atoms with E-state index in [9.17, 15) is 5.11 Å². The van der Waals surface area contributed by atoms with Gasteiger partial charge in [0.2, 0.25) is 0 Å². The van der Waals surface area contributed by atoms with E-state index in [-0.39, 0.29) is 0 Å². The van der Waals surface area contributed by atoms with Crippen molar-refractivity contribution in [2.75, 3.05) is 0 Å². The number of aliphatic hydroxyl groups is 1. The molecule has 106 valence electrons. The lowest BCUT2D eigenvalue weighted by molar-refractivity contribution is 0.102. The minimum Gasteiger partial charge on any atom is -0.490 e. The fraction of sp³-hybridized carbons (Fsp3) is 0.278. The molecule has 3 heteroatoms. The van der Waals surface area contributed by atoms with Crippen molar-refractivity contribution in [3.8, 4) is 11.8 Å². The molecule has 0 saturated heterocycles. The molecule has 0 bridgehead atoms. The normalized spacial score (nSPS) is 16.8. The second kappa shape index (κ2) is 5.23. The van der Waals surface area contributed by atoms with Crippen molar-refractivity contribution in [1.29, 1.82) is 5.26 Å². The number of hydrogen-bond donors (Lipinski definition) is 1. The molecule has 1 atom stereocenters. The summed E-state index contributed by atoms with van der Waals surface area (Å²) in [6.07, 6.45) is 2.62. The van der Waals surface area contributed by atoms with Gasteiger partial charge in [0.25, 0.3) is 0 Å². The Labute approximate surface area is 124 Å². The average molecular weight is 279 g/mol. The molecule has 2 aromatic carbocycles. The predicted octanol–water partition coefficient (Wildman–Crippen LogP) is 3.36.